The van der Waals surface area contributed by atoms with Crippen molar-refractivity contribution in [2.75, 3.05) is 7.11 Å². The maximum atomic E-state index is 12.7. The summed E-state index contributed by atoms with van der Waals surface area (Å²) in [6, 6.07) is 0.433. The largest absolute Gasteiger partial charge is 0.574 e. The Labute approximate surface area is 111 Å². The molecule has 0 fully saturated rings. The maximum absolute atomic E-state index is 12.7. The molecule has 0 atom stereocenters. The fraction of sp³-hybridized carbons (Fsp3) is 0.444. The van der Waals surface area contributed by atoms with E-state index in [9.17, 15) is 26.3 Å². The molecule has 1 heterocycles. The van der Waals surface area contributed by atoms with Crippen LogP contribution in [0.15, 0.2) is 6.07 Å². The Balaban J connectivity index is 3.37. The molecular weight excluding hydrogens is 348 g/mol. The minimum Gasteiger partial charge on any atom is -0.496 e. The summed E-state index contributed by atoms with van der Waals surface area (Å²) >= 11 is 2.72. The Hall–Kier alpha value is -1.19. The Morgan fingerprint density at radius 2 is 1.79 bits per heavy atom. The molecule has 1 aromatic heterocycles. The zero-order valence-corrected chi connectivity index (χ0v) is 10.8. The molecule has 19 heavy (non-hydrogen) atoms. The van der Waals surface area contributed by atoms with E-state index in [4.69, 9.17) is 0 Å². The van der Waals surface area contributed by atoms with Crippen molar-refractivity contribution in [3.05, 3.63) is 17.3 Å². The smallest absolute Gasteiger partial charge is 0.496 e. The molecule has 0 aliphatic carbocycles. The zero-order valence-electron chi connectivity index (χ0n) is 9.19. The van der Waals surface area contributed by atoms with E-state index < -0.39 is 40.8 Å². The lowest BCUT2D eigenvalue weighted by atomic mass is 10.2. The molecule has 0 aliphatic heterocycles. The van der Waals surface area contributed by atoms with Crippen molar-refractivity contribution in [2.45, 2.75) is 17.9 Å². The molecule has 0 bridgehead atoms. The second kappa shape index (κ2) is 5.43. The molecule has 3 nitrogen and oxygen atoms in total. The predicted molar refractivity (Wildman–Crippen MR) is 55.1 cm³/mol. The molecule has 1 rings (SSSR count). The Morgan fingerprint density at radius 3 is 2.16 bits per heavy atom. The molecule has 0 saturated heterocycles. The average molecular weight is 354 g/mol. The number of pyridine rings is 1. The van der Waals surface area contributed by atoms with Gasteiger partial charge in [-0.15, -0.1) is 13.2 Å². The van der Waals surface area contributed by atoms with Crippen LogP contribution in [-0.2, 0) is 11.5 Å². The quantitative estimate of drug-likeness (QED) is 0.610. The van der Waals surface area contributed by atoms with Crippen LogP contribution in [0.25, 0.3) is 0 Å². The first-order valence-electron chi connectivity index (χ1n) is 4.55. The molecule has 108 valence electrons. The van der Waals surface area contributed by atoms with Crippen LogP contribution in [0.5, 0.6) is 11.6 Å². The second-order valence-corrected chi connectivity index (χ2v) is 3.72. The van der Waals surface area contributed by atoms with Crippen molar-refractivity contribution < 1.29 is 35.8 Å². The highest BCUT2D eigenvalue weighted by molar-refractivity contribution is 9.08. The van der Waals surface area contributed by atoms with Crippen molar-refractivity contribution in [1.29, 1.82) is 0 Å². The van der Waals surface area contributed by atoms with Crippen LogP contribution in [0.1, 0.15) is 11.3 Å². The van der Waals surface area contributed by atoms with Crippen LogP contribution in [0.2, 0.25) is 0 Å². The summed E-state index contributed by atoms with van der Waals surface area (Å²) in [5, 5.41) is -0.409. The predicted octanol–water partition coefficient (Wildman–Crippen LogP) is 3.90. The van der Waals surface area contributed by atoms with Gasteiger partial charge in [0.1, 0.15) is 11.3 Å². The normalized spacial score (nSPS) is 12.4. The van der Waals surface area contributed by atoms with Crippen molar-refractivity contribution in [3.63, 3.8) is 0 Å². The maximum Gasteiger partial charge on any atom is 0.574 e. The van der Waals surface area contributed by atoms with Crippen LogP contribution in [0, 0.1) is 0 Å². The Morgan fingerprint density at radius 1 is 1.21 bits per heavy atom. The van der Waals surface area contributed by atoms with E-state index in [1.807, 2.05) is 0 Å². The number of hydrogen-bond acceptors (Lipinski definition) is 3. The summed E-state index contributed by atoms with van der Waals surface area (Å²) in [5.74, 6) is -1.82. The van der Waals surface area contributed by atoms with E-state index in [0.29, 0.717) is 6.07 Å². The monoisotopic (exact) mass is 353 g/mol. The first-order chi connectivity index (χ1) is 8.58. The van der Waals surface area contributed by atoms with E-state index in [2.05, 4.69) is 30.4 Å². The number of methoxy groups -OCH3 is 1. The molecule has 0 saturated carbocycles. The zero-order chi connectivity index (χ0) is 14.8. The highest BCUT2D eigenvalue weighted by Crippen LogP contribution is 2.40. The molecule has 0 spiro atoms. The molecular formula is C9H6BrF6NO2. The van der Waals surface area contributed by atoms with Crippen LogP contribution >= 0.6 is 15.9 Å². The molecule has 1 aromatic rings. The first-order valence-corrected chi connectivity index (χ1v) is 5.67. The standard InChI is InChI=1S/C9H6BrF6NO2/c1-18-5-2-6(19-9(14,15)16)17-4(3-10)7(5)8(11,12)13/h2H,3H2,1H3. The third-order valence-corrected chi connectivity index (χ3v) is 2.42. The SMILES string of the molecule is COc1cc(OC(F)(F)F)nc(CBr)c1C(F)(F)F. The number of alkyl halides is 7. The molecule has 0 aromatic carbocycles. The summed E-state index contributed by atoms with van der Waals surface area (Å²) in [6.07, 6.45) is -9.86. The number of rotatable bonds is 3. The van der Waals surface area contributed by atoms with Crippen molar-refractivity contribution in [1.82, 2.24) is 4.98 Å². The summed E-state index contributed by atoms with van der Waals surface area (Å²) < 4.78 is 82.2. The lowest BCUT2D eigenvalue weighted by Crippen LogP contribution is -2.19. The van der Waals surface area contributed by atoms with Gasteiger partial charge in [-0.3, -0.25) is 0 Å². The molecule has 0 radical (unpaired) electrons. The van der Waals surface area contributed by atoms with E-state index in [1.54, 1.807) is 0 Å². The summed E-state index contributed by atoms with van der Waals surface area (Å²) in [5.41, 5.74) is -1.91. The number of hydrogen-bond donors (Lipinski definition) is 0. The van der Waals surface area contributed by atoms with Gasteiger partial charge in [0.2, 0.25) is 5.88 Å². The van der Waals surface area contributed by atoms with Gasteiger partial charge in [0.25, 0.3) is 0 Å². The third-order valence-electron chi connectivity index (χ3n) is 1.88. The van der Waals surface area contributed by atoms with Crippen LogP contribution in [0.4, 0.5) is 26.3 Å². The van der Waals surface area contributed by atoms with Crippen LogP contribution in [-0.4, -0.2) is 18.5 Å². The number of aromatic nitrogens is 1. The van der Waals surface area contributed by atoms with Crippen molar-refractivity contribution in [2.24, 2.45) is 0 Å². The number of ether oxygens (including phenoxy) is 2. The van der Waals surface area contributed by atoms with Gasteiger partial charge in [-0.25, -0.2) is 4.98 Å². The fourth-order valence-corrected chi connectivity index (χ4v) is 1.69. The van der Waals surface area contributed by atoms with Gasteiger partial charge in [0.05, 0.1) is 12.8 Å². The van der Waals surface area contributed by atoms with Crippen molar-refractivity contribution >= 4 is 15.9 Å². The van der Waals surface area contributed by atoms with Gasteiger partial charge >= 0.3 is 12.5 Å². The highest BCUT2D eigenvalue weighted by atomic mass is 79.9. The number of halogens is 7. The Bertz CT molecular complexity index is 434. The van der Waals surface area contributed by atoms with Gasteiger partial charge < -0.3 is 9.47 Å². The molecule has 0 unspecified atom stereocenters. The van der Waals surface area contributed by atoms with Crippen LogP contribution < -0.4 is 9.47 Å². The fourth-order valence-electron chi connectivity index (χ4n) is 1.28. The van der Waals surface area contributed by atoms with Gasteiger partial charge in [0.15, 0.2) is 0 Å². The second-order valence-electron chi connectivity index (χ2n) is 3.16. The number of nitrogens with zero attached hydrogens (tertiary/aromatic N) is 1. The van der Waals surface area contributed by atoms with E-state index in [0.717, 1.165) is 7.11 Å². The van der Waals surface area contributed by atoms with E-state index >= 15 is 0 Å². The van der Waals surface area contributed by atoms with Gasteiger partial charge in [-0.1, -0.05) is 15.9 Å². The van der Waals surface area contributed by atoms with Crippen molar-refractivity contribution in [3.8, 4) is 11.6 Å². The van der Waals surface area contributed by atoms with Gasteiger partial charge in [0, 0.05) is 11.4 Å². The molecule has 10 heteroatoms. The molecule has 0 amide bonds. The summed E-state index contributed by atoms with van der Waals surface area (Å²) in [7, 11) is 0.903. The van der Waals surface area contributed by atoms with Gasteiger partial charge in [-0.05, 0) is 0 Å². The lowest BCUT2D eigenvalue weighted by molar-refractivity contribution is -0.276. The van der Waals surface area contributed by atoms with Gasteiger partial charge in [-0.2, -0.15) is 13.2 Å². The third kappa shape index (κ3) is 4.15. The van der Waals surface area contributed by atoms with E-state index in [1.165, 1.54) is 0 Å². The first kappa shape index (κ1) is 15.9. The highest BCUT2D eigenvalue weighted by Gasteiger charge is 2.39. The Kier molecular flexibility index (Phi) is 4.54. The summed E-state index contributed by atoms with van der Waals surface area (Å²) in [4.78, 5) is 3.16. The molecule has 0 N–H and O–H groups in total. The van der Waals surface area contributed by atoms with Crippen LogP contribution in [0.3, 0.4) is 0 Å². The average Bonchev–Trinajstić information content (AvgIpc) is 2.23. The minimum atomic E-state index is -5.05. The molecule has 0 aliphatic rings. The lowest BCUT2D eigenvalue weighted by Gasteiger charge is -2.17. The minimum absolute atomic E-state index is 0.409. The van der Waals surface area contributed by atoms with E-state index in [-0.39, 0.29) is 0 Å². The topological polar surface area (TPSA) is 31.4 Å². The summed E-state index contributed by atoms with van der Waals surface area (Å²) in [6.45, 7) is 0.